The van der Waals surface area contributed by atoms with Crippen molar-refractivity contribution in [3.8, 4) is 0 Å². The van der Waals surface area contributed by atoms with Gasteiger partial charge in [0.05, 0.1) is 16.2 Å². The maximum atomic E-state index is 11.1. The predicted octanol–water partition coefficient (Wildman–Crippen LogP) is 3.24. The Morgan fingerprint density at radius 1 is 1.19 bits per heavy atom. The van der Waals surface area contributed by atoms with Gasteiger partial charge in [-0.15, -0.1) is 23.1 Å². The molecule has 26 heavy (non-hydrogen) atoms. The summed E-state index contributed by atoms with van der Waals surface area (Å²) in [5.74, 6) is -1.40. The first-order chi connectivity index (χ1) is 12.5. The number of amides is 1. The van der Waals surface area contributed by atoms with Crippen LogP contribution in [0.2, 0.25) is 0 Å². The first-order valence-corrected chi connectivity index (χ1v) is 9.59. The number of rotatable bonds is 6. The number of aromatic nitrogens is 1. The Balaban J connectivity index is 1.93. The zero-order valence-corrected chi connectivity index (χ0v) is 15.5. The second-order valence-electron chi connectivity index (χ2n) is 5.46. The van der Waals surface area contributed by atoms with Gasteiger partial charge in [-0.25, -0.2) is 4.98 Å². The number of thiazole rings is 1. The van der Waals surface area contributed by atoms with Gasteiger partial charge in [0.25, 0.3) is 0 Å². The van der Waals surface area contributed by atoms with Crippen LogP contribution in [0.5, 0.6) is 0 Å². The van der Waals surface area contributed by atoms with Gasteiger partial charge in [0.2, 0.25) is 5.91 Å². The SMILES string of the molecule is CC(=O)Nc1ccc(/C=C(\SCC(=O)[O-])c2nc3ccccc3s2)cc1. The number of benzene rings is 2. The van der Waals surface area contributed by atoms with E-state index in [1.165, 1.54) is 30.0 Å². The molecule has 2 aromatic carbocycles. The van der Waals surface area contributed by atoms with Crippen LogP contribution in [0.3, 0.4) is 0 Å². The highest BCUT2D eigenvalue weighted by molar-refractivity contribution is 8.09. The van der Waals surface area contributed by atoms with E-state index in [1.54, 1.807) is 12.1 Å². The molecule has 0 saturated heterocycles. The summed E-state index contributed by atoms with van der Waals surface area (Å²) >= 11 is 2.70. The molecule has 3 aromatic rings. The number of nitrogens with zero attached hydrogens (tertiary/aromatic N) is 1. The van der Waals surface area contributed by atoms with E-state index in [2.05, 4.69) is 10.3 Å². The lowest BCUT2D eigenvalue weighted by Gasteiger charge is -2.06. The monoisotopic (exact) mass is 383 g/mol. The fourth-order valence-electron chi connectivity index (χ4n) is 2.30. The van der Waals surface area contributed by atoms with E-state index >= 15 is 0 Å². The number of carbonyl (C=O) groups excluding carboxylic acids is 2. The quantitative estimate of drug-likeness (QED) is 0.707. The van der Waals surface area contributed by atoms with E-state index in [4.69, 9.17) is 0 Å². The normalized spacial score (nSPS) is 11.5. The molecule has 0 saturated carbocycles. The molecular formula is C19H15N2O3S2-. The molecule has 0 radical (unpaired) electrons. The summed E-state index contributed by atoms with van der Waals surface area (Å²) in [6.07, 6.45) is 1.89. The number of carbonyl (C=O) groups is 2. The van der Waals surface area contributed by atoms with Crippen molar-refractivity contribution < 1.29 is 14.7 Å². The standard InChI is InChI=1S/C19H16N2O3S2/c1-12(22)20-14-8-6-13(7-9-14)10-17(25-11-18(23)24)19-21-15-4-2-3-5-16(15)26-19/h2-10H,11H2,1H3,(H,20,22)(H,23,24)/p-1/b17-10-. The lowest BCUT2D eigenvalue weighted by atomic mass is 10.2. The highest BCUT2D eigenvalue weighted by Gasteiger charge is 2.10. The van der Waals surface area contributed by atoms with E-state index in [-0.39, 0.29) is 11.7 Å². The van der Waals surface area contributed by atoms with E-state index in [0.717, 1.165) is 25.7 Å². The number of nitrogens with one attached hydrogen (secondary N) is 1. The van der Waals surface area contributed by atoms with Gasteiger partial charge in [0, 0.05) is 23.3 Å². The average molecular weight is 383 g/mol. The number of hydrogen-bond acceptors (Lipinski definition) is 6. The van der Waals surface area contributed by atoms with Crippen LogP contribution in [-0.2, 0) is 9.59 Å². The van der Waals surface area contributed by atoms with E-state index in [9.17, 15) is 14.7 Å². The number of hydrogen-bond donors (Lipinski definition) is 1. The number of aliphatic carboxylic acids is 1. The Morgan fingerprint density at radius 3 is 2.58 bits per heavy atom. The summed E-state index contributed by atoms with van der Waals surface area (Å²) < 4.78 is 1.04. The van der Waals surface area contributed by atoms with Crippen LogP contribution in [-0.4, -0.2) is 22.6 Å². The van der Waals surface area contributed by atoms with Crippen LogP contribution in [0.4, 0.5) is 5.69 Å². The first kappa shape index (κ1) is 18.2. The smallest absolute Gasteiger partial charge is 0.221 e. The third kappa shape index (κ3) is 4.71. The van der Waals surface area contributed by atoms with Crippen LogP contribution in [0, 0.1) is 0 Å². The van der Waals surface area contributed by atoms with Crippen LogP contribution in [0.1, 0.15) is 17.5 Å². The molecule has 0 spiro atoms. The van der Waals surface area contributed by atoms with Crippen LogP contribution in [0.25, 0.3) is 21.2 Å². The van der Waals surface area contributed by atoms with Crippen LogP contribution in [0.15, 0.2) is 48.5 Å². The Bertz CT molecular complexity index is 945. The van der Waals surface area contributed by atoms with Crippen molar-refractivity contribution in [2.24, 2.45) is 0 Å². The molecule has 1 N–H and O–H groups in total. The maximum absolute atomic E-state index is 11.1. The zero-order valence-electron chi connectivity index (χ0n) is 13.9. The van der Waals surface area contributed by atoms with Crippen molar-refractivity contribution in [3.63, 3.8) is 0 Å². The molecule has 0 aliphatic heterocycles. The summed E-state index contributed by atoms with van der Waals surface area (Å²) in [5.41, 5.74) is 2.48. The maximum Gasteiger partial charge on any atom is 0.221 e. The minimum absolute atomic E-state index is 0.132. The Hall–Kier alpha value is -2.64. The molecule has 0 unspecified atom stereocenters. The number of thioether (sulfide) groups is 1. The molecule has 0 atom stereocenters. The third-order valence-electron chi connectivity index (χ3n) is 3.38. The number of anilines is 1. The van der Waals surface area contributed by atoms with Crippen molar-refractivity contribution in [1.29, 1.82) is 0 Å². The lowest BCUT2D eigenvalue weighted by Crippen LogP contribution is -2.24. The number of carboxylic acid groups (broad SMARTS) is 1. The van der Waals surface area contributed by atoms with Crippen molar-refractivity contribution in [3.05, 3.63) is 59.1 Å². The molecule has 0 fully saturated rings. The van der Waals surface area contributed by atoms with Crippen molar-refractivity contribution in [1.82, 2.24) is 4.98 Å². The van der Waals surface area contributed by atoms with Gasteiger partial charge in [-0.3, -0.25) is 4.79 Å². The van der Waals surface area contributed by atoms with Crippen LogP contribution < -0.4 is 10.4 Å². The Morgan fingerprint density at radius 2 is 1.92 bits per heavy atom. The Kier molecular flexibility index (Phi) is 5.70. The van der Waals surface area contributed by atoms with Crippen molar-refractivity contribution in [2.75, 3.05) is 11.1 Å². The summed E-state index contributed by atoms with van der Waals surface area (Å²) in [5, 5.41) is 14.4. The molecule has 1 aromatic heterocycles. The molecule has 0 aliphatic carbocycles. The largest absolute Gasteiger partial charge is 0.549 e. The molecule has 132 valence electrons. The van der Waals surface area contributed by atoms with Crippen molar-refractivity contribution in [2.45, 2.75) is 6.92 Å². The predicted molar refractivity (Wildman–Crippen MR) is 106 cm³/mol. The molecular weight excluding hydrogens is 368 g/mol. The summed E-state index contributed by atoms with van der Waals surface area (Å²) in [6.45, 7) is 1.45. The topological polar surface area (TPSA) is 82.1 Å². The summed E-state index contributed by atoms with van der Waals surface area (Å²) in [6, 6.07) is 15.1. The molecule has 0 bridgehead atoms. The molecule has 0 aliphatic rings. The van der Waals surface area contributed by atoms with Crippen molar-refractivity contribution >= 4 is 61.9 Å². The van der Waals surface area contributed by atoms with Gasteiger partial charge in [0.15, 0.2) is 0 Å². The number of fused-ring (bicyclic) bond motifs is 1. The molecule has 1 heterocycles. The van der Waals surface area contributed by atoms with E-state index in [1.807, 2.05) is 42.5 Å². The van der Waals surface area contributed by atoms with Gasteiger partial charge >= 0.3 is 0 Å². The lowest BCUT2D eigenvalue weighted by molar-refractivity contribution is -0.301. The first-order valence-electron chi connectivity index (χ1n) is 7.79. The van der Waals surface area contributed by atoms with Gasteiger partial charge in [-0.05, 0) is 35.9 Å². The highest BCUT2D eigenvalue weighted by atomic mass is 32.2. The molecule has 3 rings (SSSR count). The third-order valence-corrected chi connectivity index (χ3v) is 5.58. The summed E-state index contributed by atoms with van der Waals surface area (Å²) in [7, 11) is 0. The van der Waals surface area contributed by atoms with E-state index in [0.29, 0.717) is 5.69 Å². The second-order valence-corrected chi connectivity index (χ2v) is 7.51. The minimum Gasteiger partial charge on any atom is -0.549 e. The fourth-order valence-corrected chi connectivity index (χ4v) is 4.14. The highest BCUT2D eigenvalue weighted by Crippen LogP contribution is 2.35. The van der Waals surface area contributed by atoms with Gasteiger partial charge in [0.1, 0.15) is 5.01 Å². The number of para-hydroxylation sites is 1. The average Bonchev–Trinajstić information content (AvgIpc) is 3.03. The molecule has 7 heteroatoms. The summed E-state index contributed by atoms with van der Waals surface area (Å²) in [4.78, 5) is 27.4. The van der Waals surface area contributed by atoms with Gasteiger partial charge in [-0.1, -0.05) is 24.3 Å². The number of carboxylic acids is 1. The molecule has 5 nitrogen and oxygen atoms in total. The Labute approximate surface area is 158 Å². The van der Waals surface area contributed by atoms with Gasteiger partial charge < -0.3 is 15.2 Å². The van der Waals surface area contributed by atoms with Crippen LogP contribution >= 0.6 is 23.1 Å². The fraction of sp³-hybridized carbons (Fsp3) is 0.105. The van der Waals surface area contributed by atoms with Gasteiger partial charge in [-0.2, -0.15) is 0 Å². The zero-order chi connectivity index (χ0) is 18.5. The molecule has 1 amide bonds. The minimum atomic E-state index is -1.12. The second kappa shape index (κ2) is 8.16. The van der Waals surface area contributed by atoms with E-state index < -0.39 is 5.97 Å².